The third-order valence-electron chi connectivity index (χ3n) is 3.87. The lowest BCUT2D eigenvalue weighted by molar-refractivity contribution is 0.623. The molecule has 3 heteroatoms. The van der Waals surface area contributed by atoms with E-state index in [0.29, 0.717) is 5.69 Å². The van der Waals surface area contributed by atoms with Gasteiger partial charge in [0.1, 0.15) is 5.82 Å². The van der Waals surface area contributed by atoms with Crippen LogP contribution in [0.1, 0.15) is 18.1 Å². The van der Waals surface area contributed by atoms with Crippen molar-refractivity contribution in [3.05, 3.63) is 59.4 Å². The van der Waals surface area contributed by atoms with E-state index in [1.807, 2.05) is 12.1 Å². The molecule has 0 radical (unpaired) electrons. The molecule has 0 aromatic heterocycles. The zero-order chi connectivity index (χ0) is 13.9. The number of hydrogen-bond donors (Lipinski definition) is 1. The van der Waals surface area contributed by atoms with Gasteiger partial charge >= 0.3 is 0 Å². The lowest BCUT2D eigenvalue weighted by Gasteiger charge is -2.29. The quantitative estimate of drug-likeness (QED) is 0.916. The van der Waals surface area contributed by atoms with Gasteiger partial charge in [0.05, 0.1) is 5.69 Å². The number of anilines is 2. The van der Waals surface area contributed by atoms with Crippen LogP contribution >= 0.6 is 0 Å². The molecule has 1 heterocycles. The van der Waals surface area contributed by atoms with Crippen LogP contribution in [0.2, 0.25) is 0 Å². The van der Waals surface area contributed by atoms with Gasteiger partial charge in [-0.25, -0.2) is 4.39 Å². The average molecular weight is 270 g/mol. The van der Waals surface area contributed by atoms with Crippen LogP contribution in [0.4, 0.5) is 15.8 Å². The SMILES string of the molecule is CCN(c1ccccc1F)c1cccc2c1CCNC2. The second kappa shape index (κ2) is 5.63. The third-order valence-corrected chi connectivity index (χ3v) is 3.87. The summed E-state index contributed by atoms with van der Waals surface area (Å²) < 4.78 is 14.1. The molecule has 0 amide bonds. The van der Waals surface area contributed by atoms with Crippen molar-refractivity contribution >= 4 is 11.4 Å². The fraction of sp³-hybridized carbons (Fsp3) is 0.294. The number of nitrogens with one attached hydrogen (secondary N) is 1. The molecule has 0 aliphatic carbocycles. The molecule has 3 rings (SSSR count). The Morgan fingerprint density at radius 2 is 1.90 bits per heavy atom. The summed E-state index contributed by atoms with van der Waals surface area (Å²) in [6.07, 6.45) is 0.996. The van der Waals surface area contributed by atoms with Crippen molar-refractivity contribution in [1.82, 2.24) is 5.32 Å². The highest BCUT2D eigenvalue weighted by Gasteiger charge is 2.18. The molecule has 2 aromatic carbocycles. The summed E-state index contributed by atoms with van der Waals surface area (Å²) in [6, 6.07) is 13.3. The fourth-order valence-electron chi connectivity index (χ4n) is 2.91. The Labute approximate surface area is 119 Å². The Kier molecular flexibility index (Phi) is 3.70. The molecule has 104 valence electrons. The van der Waals surface area contributed by atoms with E-state index in [2.05, 4.69) is 35.3 Å². The van der Waals surface area contributed by atoms with Crippen LogP contribution in [-0.2, 0) is 13.0 Å². The minimum atomic E-state index is -0.166. The average Bonchev–Trinajstić information content (AvgIpc) is 2.50. The van der Waals surface area contributed by atoms with E-state index in [-0.39, 0.29) is 5.82 Å². The van der Waals surface area contributed by atoms with Crippen molar-refractivity contribution in [2.45, 2.75) is 19.9 Å². The number of hydrogen-bond acceptors (Lipinski definition) is 2. The topological polar surface area (TPSA) is 15.3 Å². The van der Waals surface area contributed by atoms with Gasteiger partial charge in [0, 0.05) is 18.8 Å². The Morgan fingerprint density at radius 3 is 2.70 bits per heavy atom. The van der Waals surface area contributed by atoms with E-state index in [9.17, 15) is 4.39 Å². The number of para-hydroxylation sites is 1. The first-order chi connectivity index (χ1) is 9.81. The Morgan fingerprint density at radius 1 is 1.10 bits per heavy atom. The van der Waals surface area contributed by atoms with E-state index in [4.69, 9.17) is 0 Å². The molecule has 0 saturated carbocycles. The van der Waals surface area contributed by atoms with Gasteiger partial charge in [0.2, 0.25) is 0 Å². The van der Waals surface area contributed by atoms with Crippen LogP contribution in [0.5, 0.6) is 0 Å². The molecule has 20 heavy (non-hydrogen) atoms. The second-order valence-corrected chi connectivity index (χ2v) is 5.04. The Bertz CT molecular complexity index is 610. The van der Waals surface area contributed by atoms with Crippen LogP contribution in [0.15, 0.2) is 42.5 Å². The maximum absolute atomic E-state index is 14.1. The molecular formula is C17H19FN2. The van der Waals surface area contributed by atoms with Crippen LogP contribution in [-0.4, -0.2) is 13.1 Å². The van der Waals surface area contributed by atoms with E-state index in [0.717, 1.165) is 31.7 Å². The minimum Gasteiger partial charge on any atom is -0.339 e. The molecule has 2 nitrogen and oxygen atoms in total. The smallest absolute Gasteiger partial charge is 0.146 e. The summed E-state index contributed by atoms with van der Waals surface area (Å²) in [7, 11) is 0. The molecule has 2 aromatic rings. The van der Waals surface area contributed by atoms with Crippen LogP contribution < -0.4 is 10.2 Å². The molecule has 0 fully saturated rings. The maximum Gasteiger partial charge on any atom is 0.146 e. The Hall–Kier alpha value is -1.87. The predicted octanol–water partition coefficient (Wildman–Crippen LogP) is 3.63. The number of halogens is 1. The summed E-state index contributed by atoms with van der Waals surface area (Å²) in [6.45, 7) is 4.70. The van der Waals surface area contributed by atoms with Crippen molar-refractivity contribution in [3.63, 3.8) is 0 Å². The molecular weight excluding hydrogens is 251 g/mol. The van der Waals surface area contributed by atoms with E-state index in [1.165, 1.54) is 17.2 Å². The molecule has 0 unspecified atom stereocenters. The van der Waals surface area contributed by atoms with E-state index < -0.39 is 0 Å². The largest absolute Gasteiger partial charge is 0.339 e. The number of benzene rings is 2. The monoisotopic (exact) mass is 270 g/mol. The highest BCUT2D eigenvalue weighted by Crippen LogP contribution is 2.33. The first-order valence-electron chi connectivity index (χ1n) is 7.15. The van der Waals surface area contributed by atoms with Crippen molar-refractivity contribution in [2.75, 3.05) is 18.0 Å². The van der Waals surface area contributed by atoms with E-state index >= 15 is 0 Å². The number of rotatable bonds is 3. The van der Waals surface area contributed by atoms with Crippen molar-refractivity contribution in [2.24, 2.45) is 0 Å². The summed E-state index contributed by atoms with van der Waals surface area (Å²) in [5.41, 5.74) is 4.46. The standard InChI is InChI=1S/C17H19FN2/c1-2-20(17-8-4-3-7-15(17)18)16-9-5-6-13-12-19-11-10-14(13)16/h3-9,19H,2,10-12H2,1H3. The zero-order valence-electron chi connectivity index (χ0n) is 11.7. The van der Waals surface area contributed by atoms with Gasteiger partial charge in [-0.05, 0) is 49.2 Å². The normalized spacial score (nSPS) is 13.9. The first-order valence-corrected chi connectivity index (χ1v) is 7.15. The van der Waals surface area contributed by atoms with Crippen molar-refractivity contribution in [3.8, 4) is 0 Å². The van der Waals surface area contributed by atoms with Gasteiger partial charge in [0.15, 0.2) is 0 Å². The number of fused-ring (bicyclic) bond motifs is 1. The summed E-state index contributed by atoms with van der Waals surface area (Å²) in [4.78, 5) is 2.07. The third kappa shape index (κ3) is 2.29. The fourth-order valence-corrected chi connectivity index (χ4v) is 2.91. The van der Waals surface area contributed by atoms with Crippen LogP contribution in [0.3, 0.4) is 0 Å². The molecule has 1 N–H and O–H groups in total. The van der Waals surface area contributed by atoms with Crippen LogP contribution in [0.25, 0.3) is 0 Å². The summed E-state index contributed by atoms with van der Waals surface area (Å²) in [5, 5.41) is 3.38. The summed E-state index contributed by atoms with van der Waals surface area (Å²) in [5.74, 6) is -0.166. The molecule has 0 spiro atoms. The summed E-state index contributed by atoms with van der Waals surface area (Å²) >= 11 is 0. The van der Waals surface area contributed by atoms with Crippen LogP contribution in [0, 0.1) is 5.82 Å². The number of nitrogens with zero attached hydrogens (tertiary/aromatic N) is 1. The van der Waals surface area contributed by atoms with Gasteiger partial charge in [-0.15, -0.1) is 0 Å². The lowest BCUT2D eigenvalue weighted by Crippen LogP contribution is -2.27. The molecule has 1 aliphatic heterocycles. The van der Waals surface area contributed by atoms with E-state index in [1.54, 1.807) is 6.07 Å². The van der Waals surface area contributed by atoms with Gasteiger partial charge < -0.3 is 10.2 Å². The predicted molar refractivity (Wildman–Crippen MR) is 80.9 cm³/mol. The molecule has 0 bridgehead atoms. The van der Waals surface area contributed by atoms with Gasteiger partial charge in [-0.3, -0.25) is 0 Å². The molecule has 0 atom stereocenters. The first kappa shape index (κ1) is 13.1. The maximum atomic E-state index is 14.1. The van der Waals surface area contributed by atoms with Gasteiger partial charge in [0.25, 0.3) is 0 Å². The molecule has 0 saturated heterocycles. The lowest BCUT2D eigenvalue weighted by atomic mass is 9.98. The highest BCUT2D eigenvalue weighted by molar-refractivity contribution is 5.68. The zero-order valence-corrected chi connectivity index (χ0v) is 11.7. The molecule has 1 aliphatic rings. The Balaban J connectivity index is 2.09. The van der Waals surface area contributed by atoms with Crippen molar-refractivity contribution < 1.29 is 4.39 Å². The van der Waals surface area contributed by atoms with Gasteiger partial charge in [-0.2, -0.15) is 0 Å². The highest BCUT2D eigenvalue weighted by atomic mass is 19.1. The second-order valence-electron chi connectivity index (χ2n) is 5.04. The van der Waals surface area contributed by atoms with Gasteiger partial charge in [-0.1, -0.05) is 24.3 Å². The minimum absolute atomic E-state index is 0.166. The van der Waals surface area contributed by atoms with Crippen molar-refractivity contribution in [1.29, 1.82) is 0 Å².